The van der Waals surface area contributed by atoms with Crippen molar-refractivity contribution < 1.29 is 22.5 Å². The highest BCUT2D eigenvalue weighted by atomic mass is 79.9. The number of ether oxygens (including phenoxy) is 1. The van der Waals surface area contributed by atoms with Crippen molar-refractivity contribution in [3.8, 4) is 0 Å². The van der Waals surface area contributed by atoms with Gasteiger partial charge in [0.15, 0.2) is 0 Å². The fraction of sp³-hybridized carbons (Fsp3) is 0.125. The maximum atomic E-state index is 11.1. The van der Waals surface area contributed by atoms with Crippen LogP contribution in [0.25, 0.3) is 0 Å². The summed E-state index contributed by atoms with van der Waals surface area (Å²) in [5.41, 5.74) is 0.185. The SMILES string of the molecule is COC(=O)c1ccc(S(=O)(=O)O)cc1Br. The van der Waals surface area contributed by atoms with E-state index in [4.69, 9.17) is 4.55 Å². The van der Waals surface area contributed by atoms with Crippen LogP contribution in [0.4, 0.5) is 0 Å². The number of carbonyl (C=O) groups excluding carboxylic acids is 1. The van der Waals surface area contributed by atoms with Gasteiger partial charge in [-0.15, -0.1) is 0 Å². The molecule has 82 valence electrons. The van der Waals surface area contributed by atoms with Gasteiger partial charge in [0.05, 0.1) is 17.6 Å². The number of halogens is 1. The van der Waals surface area contributed by atoms with Gasteiger partial charge in [-0.3, -0.25) is 4.55 Å². The van der Waals surface area contributed by atoms with Crippen LogP contribution in [0.1, 0.15) is 10.4 Å². The van der Waals surface area contributed by atoms with E-state index in [2.05, 4.69) is 20.7 Å². The molecule has 5 nitrogen and oxygen atoms in total. The monoisotopic (exact) mass is 294 g/mol. The minimum atomic E-state index is -4.26. The Kier molecular flexibility index (Phi) is 3.48. The van der Waals surface area contributed by atoms with E-state index in [9.17, 15) is 13.2 Å². The summed E-state index contributed by atoms with van der Waals surface area (Å²) in [6, 6.07) is 3.49. The first-order valence-electron chi connectivity index (χ1n) is 3.71. The minimum absolute atomic E-state index is 0.185. The molecule has 1 aromatic carbocycles. The molecule has 0 saturated heterocycles. The molecule has 0 aromatic heterocycles. The molecule has 0 spiro atoms. The smallest absolute Gasteiger partial charge is 0.339 e. The minimum Gasteiger partial charge on any atom is -0.465 e. The molecule has 7 heteroatoms. The van der Waals surface area contributed by atoms with E-state index in [-0.39, 0.29) is 14.9 Å². The summed E-state index contributed by atoms with van der Waals surface area (Å²) >= 11 is 3.00. The Balaban J connectivity index is 3.27. The zero-order valence-electron chi connectivity index (χ0n) is 7.60. The van der Waals surface area contributed by atoms with Gasteiger partial charge in [-0.2, -0.15) is 8.42 Å². The molecule has 0 amide bonds. The van der Waals surface area contributed by atoms with Crippen molar-refractivity contribution in [2.75, 3.05) is 7.11 Å². The van der Waals surface area contributed by atoms with Gasteiger partial charge in [0.25, 0.3) is 10.1 Å². The highest BCUT2D eigenvalue weighted by molar-refractivity contribution is 9.10. The lowest BCUT2D eigenvalue weighted by molar-refractivity contribution is 0.0599. The second-order valence-corrected chi connectivity index (χ2v) is 4.88. The van der Waals surface area contributed by atoms with Crippen molar-refractivity contribution >= 4 is 32.0 Å². The van der Waals surface area contributed by atoms with Crippen LogP contribution in [-0.4, -0.2) is 26.0 Å². The molecule has 0 radical (unpaired) electrons. The molecule has 0 heterocycles. The Morgan fingerprint density at radius 1 is 1.47 bits per heavy atom. The highest BCUT2D eigenvalue weighted by Gasteiger charge is 2.15. The summed E-state index contributed by atoms with van der Waals surface area (Å²) in [7, 11) is -3.04. The molecule has 0 unspecified atom stereocenters. The first-order chi connectivity index (χ1) is 6.86. The summed E-state index contributed by atoms with van der Waals surface area (Å²) in [4.78, 5) is 10.8. The summed E-state index contributed by atoms with van der Waals surface area (Å²) in [5, 5.41) is 0. The third-order valence-electron chi connectivity index (χ3n) is 1.64. The number of hydrogen-bond donors (Lipinski definition) is 1. The number of carbonyl (C=O) groups is 1. The van der Waals surface area contributed by atoms with Gasteiger partial charge in [-0.05, 0) is 34.1 Å². The fourth-order valence-corrected chi connectivity index (χ4v) is 2.13. The zero-order chi connectivity index (χ0) is 11.6. The first-order valence-corrected chi connectivity index (χ1v) is 5.95. The predicted molar refractivity (Wildman–Crippen MR) is 55.3 cm³/mol. The third-order valence-corrected chi connectivity index (χ3v) is 3.15. The van der Waals surface area contributed by atoms with E-state index in [0.717, 1.165) is 12.1 Å². The van der Waals surface area contributed by atoms with Gasteiger partial charge in [0.1, 0.15) is 0 Å². The lowest BCUT2D eigenvalue weighted by atomic mass is 10.2. The molecule has 0 saturated carbocycles. The lowest BCUT2D eigenvalue weighted by Crippen LogP contribution is -2.04. The number of methoxy groups -OCH3 is 1. The average Bonchev–Trinajstić information content (AvgIpc) is 2.15. The summed E-state index contributed by atoms with van der Waals surface area (Å²) in [6.07, 6.45) is 0. The molecule has 1 aromatic rings. The third kappa shape index (κ3) is 2.77. The molecule has 0 aliphatic carbocycles. The van der Waals surface area contributed by atoms with Crippen molar-refractivity contribution in [3.63, 3.8) is 0 Å². The molecule has 0 fully saturated rings. The van der Waals surface area contributed by atoms with Crippen molar-refractivity contribution in [1.29, 1.82) is 0 Å². The van der Waals surface area contributed by atoms with Crippen LogP contribution >= 0.6 is 15.9 Å². The molecular weight excluding hydrogens is 288 g/mol. The Hall–Kier alpha value is -0.920. The van der Waals surface area contributed by atoms with Crippen LogP contribution in [0.5, 0.6) is 0 Å². The molecule has 1 N–H and O–H groups in total. The van der Waals surface area contributed by atoms with Gasteiger partial charge in [0.2, 0.25) is 0 Å². The molecule has 0 aliphatic heterocycles. The second kappa shape index (κ2) is 4.30. The van der Waals surface area contributed by atoms with Crippen LogP contribution in [0.3, 0.4) is 0 Å². The lowest BCUT2D eigenvalue weighted by Gasteiger charge is -2.03. The summed E-state index contributed by atoms with van der Waals surface area (Å²) in [6.45, 7) is 0. The molecular formula is C8H7BrO5S. The molecule has 15 heavy (non-hydrogen) atoms. The fourth-order valence-electron chi connectivity index (χ4n) is 0.932. The van der Waals surface area contributed by atoms with Crippen molar-refractivity contribution in [3.05, 3.63) is 28.2 Å². The van der Waals surface area contributed by atoms with Gasteiger partial charge in [-0.25, -0.2) is 4.79 Å². The zero-order valence-corrected chi connectivity index (χ0v) is 10.0. The van der Waals surface area contributed by atoms with Crippen LogP contribution in [0.15, 0.2) is 27.6 Å². The first kappa shape index (κ1) is 12.2. The Morgan fingerprint density at radius 3 is 2.47 bits per heavy atom. The normalized spacial score (nSPS) is 11.1. The Bertz CT molecular complexity index is 494. The Morgan fingerprint density at radius 2 is 2.07 bits per heavy atom. The maximum Gasteiger partial charge on any atom is 0.339 e. The number of rotatable bonds is 2. The second-order valence-electron chi connectivity index (χ2n) is 2.61. The van der Waals surface area contributed by atoms with Gasteiger partial charge in [0, 0.05) is 4.47 Å². The van der Waals surface area contributed by atoms with Crippen molar-refractivity contribution in [2.24, 2.45) is 0 Å². The molecule has 1 rings (SSSR count). The van der Waals surface area contributed by atoms with Gasteiger partial charge < -0.3 is 4.74 Å². The molecule has 0 atom stereocenters. The molecule has 0 aliphatic rings. The van der Waals surface area contributed by atoms with Crippen molar-refractivity contribution in [1.82, 2.24) is 0 Å². The Labute approximate surface area is 94.9 Å². The number of benzene rings is 1. The van der Waals surface area contributed by atoms with E-state index < -0.39 is 16.1 Å². The van der Waals surface area contributed by atoms with Crippen LogP contribution in [0, 0.1) is 0 Å². The maximum absolute atomic E-state index is 11.1. The van der Waals surface area contributed by atoms with Gasteiger partial charge >= 0.3 is 5.97 Å². The standard InChI is InChI=1S/C8H7BrO5S/c1-14-8(10)6-3-2-5(4-7(6)9)15(11,12)13/h2-4H,1H3,(H,11,12,13). The predicted octanol–water partition coefficient (Wildman–Crippen LogP) is 1.48. The summed E-state index contributed by atoms with van der Waals surface area (Å²) < 4.78 is 34.9. The quantitative estimate of drug-likeness (QED) is 0.660. The van der Waals surface area contributed by atoms with E-state index in [0.29, 0.717) is 0 Å². The summed E-state index contributed by atoms with van der Waals surface area (Å²) in [5.74, 6) is -0.594. The largest absolute Gasteiger partial charge is 0.465 e. The van der Waals surface area contributed by atoms with Crippen molar-refractivity contribution in [2.45, 2.75) is 4.90 Å². The van der Waals surface area contributed by atoms with E-state index >= 15 is 0 Å². The van der Waals surface area contributed by atoms with Crippen LogP contribution in [-0.2, 0) is 14.9 Å². The van der Waals surface area contributed by atoms with E-state index in [1.165, 1.54) is 13.2 Å². The number of hydrogen-bond acceptors (Lipinski definition) is 4. The topological polar surface area (TPSA) is 80.7 Å². The van der Waals surface area contributed by atoms with Crippen LogP contribution < -0.4 is 0 Å². The van der Waals surface area contributed by atoms with Gasteiger partial charge in [-0.1, -0.05) is 0 Å². The van der Waals surface area contributed by atoms with E-state index in [1.807, 2.05) is 0 Å². The van der Waals surface area contributed by atoms with E-state index in [1.54, 1.807) is 0 Å². The molecule has 0 bridgehead atoms. The highest BCUT2D eigenvalue weighted by Crippen LogP contribution is 2.21. The number of esters is 1. The average molecular weight is 295 g/mol. The van der Waals surface area contributed by atoms with Crippen LogP contribution in [0.2, 0.25) is 0 Å².